The molecule has 0 bridgehead atoms. The second-order valence-corrected chi connectivity index (χ2v) is 8.61. The molecule has 1 atom stereocenters. The van der Waals surface area contributed by atoms with Crippen molar-refractivity contribution in [2.24, 2.45) is 0 Å². The van der Waals surface area contributed by atoms with Gasteiger partial charge in [-0.2, -0.15) is 0 Å². The minimum atomic E-state index is -0.829. The van der Waals surface area contributed by atoms with Crippen LogP contribution in [-0.4, -0.2) is 35.1 Å². The Hall–Kier alpha value is -4.77. The SMILES string of the molecule is C=CCN1C(=O)C=C(c2ccc3ccccc3c2)C1C(=O)Nc1cccc(C(=O)c2ccccc2)c1. The Bertz CT molecular complexity index is 1520. The number of hydrogen-bond donors (Lipinski definition) is 1. The van der Waals surface area contributed by atoms with E-state index in [0.717, 1.165) is 16.3 Å². The van der Waals surface area contributed by atoms with Crippen LogP contribution in [0.2, 0.25) is 0 Å². The molecule has 176 valence electrons. The van der Waals surface area contributed by atoms with Crippen LogP contribution in [0.1, 0.15) is 21.5 Å². The van der Waals surface area contributed by atoms with Gasteiger partial charge in [0.2, 0.25) is 5.91 Å². The van der Waals surface area contributed by atoms with Gasteiger partial charge in [0, 0.05) is 29.4 Å². The molecule has 1 aliphatic heterocycles. The third-order valence-electron chi connectivity index (χ3n) is 6.25. The highest BCUT2D eigenvalue weighted by atomic mass is 16.2. The minimum absolute atomic E-state index is 0.132. The average molecular weight is 473 g/mol. The van der Waals surface area contributed by atoms with Gasteiger partial charge in [0.15, 0.2) is 5.78 Å². The summed E-state index contributed by atoms with van der Waals surface area (Å²) in [5, 5.41) is 5.02. The molecule has 1 aliphatic rings. The second-order valence-electron chi connectivity index (χ2n) is 8.61. The third kappa shape index (κ3) is 4.46. The summed E-state index contributed by atoms with van der Waals surface area (Å²) < 4.78 is 0. The molecule has 1 unspecified atom stereocenters. The number of carbonyl (C=O) groups is 3. The molecule has 0 saturated carbocycles. The van der Waals surface area contributed by atoms with Crippen molar-refractivity contribution in [3.8, 4) is 0 Å². The van der Waals surface area contributed by atoms with Gasteiger partial charge in [-0.05, 0) is 40.1 Å². The number of nitrogens with one attached hydrogen (secondary N) is 1. The molecule has 0 saturated heterocycles. The molecule has 36 heavy (non-hydrogen) atoms. The summed E-state index contributed by atoms with van der Waals surface area (Å²) in [5.74, 6) is -0.731. The van der Waals surface area contributed by atoms with Gasteiger partial charge in [-0.15, -0.1) is 6.58 Å². The third-order valence-corrected chi connectivity index (χ3v) is 6.25. The first-order valence-electron chi connectivity index (χ1n) is 11.7. The highest BCUT2D eigenvalue weighted by Gasteiger charge is 2.38. The lowest BCUT2D eigenvalue weighted by atomic mass is 9.96. The molecule has 5 heteroatoms. The van der Waals surface area contributed by atoms with Gasteiger partial charge in [0.25, 0.3) is 5.91 Å². The standard InChI is InChI=1S/C31H24N2O3/c1-2-17-33-28(34)20-27(24-16-15-21-9-6-7-12-23(21)18-24)29(33)31(36)32-26-14-8-13-25(19-26)30(35)22-10-4-3-5-11-22/h2-16,18-20,29H,1,17H2,(H,32,36). The van der Waals surface area contributed by atoms with Gasteiger partial charge in [0.05, 0.1) is 0 Å². The Morgan fingerprint density at radius 2 is 1.56 bits per heavy atom. The molecule has 4 aromatic carbocycles. The van der Waals surface area contributed by atoms with Gasteiger partial charge < -0.3 is 10.2 Å². The molecule has 0 radical (unpaired) electrons. The Kier molecular flexibility index (Phi) is 6.29. The highest BCUT2D eigenvalue weighted by molar-refractivity contribution is 6.15. The number of rotatable bonds is 7. The van der Waals surface area contributed by atoms with Crippen LogP contribution in [0.25, 0.3) is 16.3 Å². The monoisotopic (exact) mass is 472 g/mol. The number of anilines is 1. The number of hydrogen-bond acceptors (Lipinski definition) is 3. The number of carbonyl (C=O) groups excluding carboxylic acids is 3. The number of amides is 2. The van der Waals surface area contributed by atoms with Crippen molar-refractivity contribution in [3.63, 3.8) is 0 Å². The Morgan fingerprint density at radius 1 is 0.833 bits per heavy atom. The Labute approximate surface area is 209 Å². The molecule has 0 fully saturated rings. The van der Waals surface area contributed by atoms with E-state index in [-0.39, 0.29) is 24.1 Å². The van der Waals surface area contributed by atoms with Crippen LogP contribution in [0.5, 0.6) is 0 Å². The molecule has 5 nitrogen and oxygen atoms in total. The summed E-state index contributed by atoms with van der Waals surface area (Å²) in [5.41, 5.74) is 2.96. The number of fused-ring (bicyclic) bond motifs is 1. The number of ketones is 1. The van der Waals surface area contributed by atoms with E-state index in [2.05, 4.69) is 11.9 Å². The summed E-state index contributed by atoms with van der Waals surface area (Å²) in [4.78, 5) is 40.8. The van der Waals surface area contributed by atoms with Crippen molar-refractivity contribution in [1.82, 2.24) is 4.90 Å². The van der Waals surface area contributed by atoms with Crippen LogP contribution >= 0.6 is 0 Å². The van der Waals surface area contributed by atoms with Gasteiger partial charge in [-0.1, -0.05) is 84.9 Å². The highest BCUT2D eigenvalue weighted by Crippen LogP contribution is 2.32. The van der Waals surface area contributed by atoms with Crippen molar-refractivity contribution in [2.75, 3.05) is 11.9 Å². The van der Waals surface area contributed by atoms with E-state index >= 15 is 0 Å². The van der Waals surface area contributed by atoms with E-state index in [1.54, 1.807) is 42.5 Å². The zero-order valence-electron chi connectivity index (χ0n) is 19.6. The summed E-state index contributed by atoms with van der Waals surface area (Å²) >= 11 is 0. The normalized spacial score (nSPS) is 15.0. The quantitative estimate of drug-likeness (QED) is 0.286. The zero-order valence-corrected chi connectivity index (χ0v) is 19.6. The van der Waals surface area contributed by atoms with Crippen molar-refractivity contribution >= 4 is 39.6 Å². The van der Waals surface area contributed by atoms with Gasteiger partial charge in [-0.25, -0.2) is 0 Å². The van der Waals surface area contributed by atoms with Crippen LogP contribution in [0.3, 0.4) is 0 Å². The first kappa shape index (κ1) is 23.0. The molecule has 4 aromatic rings. The predicted molar refractivity (Wildman–Crippen MR) is 143 cm³/mol. The van der Waals surface area contributed by atoms with E-state index < -0.39 is 6.04 Å². The molecule has 2 amide bonds. The van der Waals surface area contributed by atoms with E-state index in [4.69, 9.17) is 0 Å². The fourth-order valence-corrected chi connectivity index (χ4v) is 4.52. The molecule has 1 heterocycles. The van der Waals surface area contributed by atoms with Crippen molar-refractivity contribution in [1.29, 1.82) is 0 Å². The fourth-order valence-electron chi connectivity index (χ4n) is 4.52. The molecular formula is C31H24N2O3. The van der Waals surface area contributed by atoms with Crippen LogP contribution in [0.15, 0.2) is 116 Å². The molecule has 0 spiro atoms. The first-order valence-corrected chi connectivity index (χ1v) is 11.7. The maximum Gasteiger partial charge on any atom is 0.251 e. The van der Waals surface area contributed by atoms with Crippen LogP contribution in [0.4, 0.5) is 5.69 Å². The zero-order chi connectivity index (χ0) is 25.1. The molecular weight excluding hydrogens is 448 g/mol. The van der Waals surface area contributed by atoms with E-state index in [9.17, 15) is 14.4 Å². The molecule has 1 N–H and O–H groups in total. The maximum absolute atomic E-state index is 13.6. The Balaban J connectivity index is 1.45. The lowest BCUT2D eigenvalue weighted by Crippen LogP contribution is -2.43. The van der Waals surface area contributed by atoms with Crippen molar-refractivity contribution < 1.29 is 14.4 Å². The summed E-state index contributed by atoms with van der Waals surface area (Å²) in [6.45, 7) is 3.98. The molecule has 0 aliphatic carbocycles. The van der Waals surface area contributed by atoms with Crippen molar-refractivity contribution in [3.05, 3.63) is 132 Å². The van der Waals surface area contributed by atoms with Gasteiger partial charge in [-0.3, -0.25) is 14.4 Å². The minimum Gasteiger partial charge on any atom is -0.324 e. The van der Waals surface area contributed by atoms with E-state index in [0.29, 0.717) is 22.4 Å². The summed E-state index contributed by atoms with van der Waals surface area (Å²) in [6.07, 6.45) is 3.13. The predicted octanol–water partition coefficient (Wildman–Crippen LogP) is 5.49. The summed E-state index contributed by atoms with van der Waals surface area (Å²) in [7, 11) is 0. The maximum atomic E-state index is 13.6. The number of benzene rings is 4. The first-order chi connectivity index (χ1) is 17.5. The lowest BCUT2D eigenvalue weighted by molar-refractivity contribution is -0.130. The van der Waals surface area contributed by atoms with Crippen LogP contribution < -0.4 is 5.32 Å². The average Bonchev–Trinajstić information content (AvgIpc) is 3.24. The Morgan fingerprint density at radius 3 is 2.33 bits per heavy atom. The number of nitrogens with zero attached hydrogens (tertiary/aromatic N) is 1. The largest absolute Gasteiger partial charge is 0.324 e. The van der Waals surface area contributed by atoms with Crippen LogP contribution in [0, 0.1) is 0 Å². The molecule has 5 rings (SSSR count). The lowest BCUT2D eigenvalue weighted by Gasteiger charge is -2.25. The fraction of sp³-hybridized carbons (Fsp3) is 0.0645. The van der Waals surface area contributed by atoms with E-state index in [1.165, 1.54) is 11.0 Å². The molecule has 0 aromatic heterocycles. The van der Waals surface area contributed by atoms with Gasteiger partial charge >= 0.3 is 0 Å². The van der Waals surface area contributed by atoms with Gasteiger partial charge in [0.1, 0.15) is 6.04 Å². The topological polar surface area (TPSA) is 66.5 Å². The second kappa shape index (κ2) is 9.84. The summed E-state index contributed by atoms with van der Waals surface area (Å²) in [6, 6.07) is 28.8. The van der Waals surface area contributed by atoms with Crippen LogP contribution in [-0.2, 0) is 9.59 Å². The van der Waals surface area contributed by atoms with E-state index in [1.807, 2.05) is 60.7 Å². The van der Waals surface area contributed by atoms with Crippen molar-refractivity contribution in [2.45, 2.75) is 6.04 Å². The smallest absolute Gasteiger partial charge is 0.251 e.